The number of benzene rings is 1. The lowest BCUT2D eigenvalue weighted by molar-refractivity contribution is 0.0600. The first-order chi connectivity index (χ1) is 14.6. The number of methoxy groups -OCH3 is 2. The number of nitrogens with zero attached hydrogens (tertiary/aromatic N) is 2. The number of hydrogen-bond donors (Lipinski definition) is 0. The second-order valence-corrected chi connectivity index (χ2v) is 8.00. The topological polar surface area (TPSA) is 51.7 Å². The van der Waals surface area contributed by atoms with Crippen LogP contribution < -0.4 is 9.64 Å². The maximum atomic E-state index is 12.1. The van der Waals surface area contributed by atoms with E-state index in [1.165, 1.54) is 43.2 Å². The Morgan fingerprint density at radius 2 is 1.93 bits per heavy atom. The zero-order chi connectivity index (χ0) is 21.7. The van der Waals surface area contributed by atoms with Crippen LogP contribution in [-0.2, 0) is 11.2 Å². The molecular weight excluding hydrogens is 376 g/mol. The second-order valence-electron chi connectivity index (χ2n) is 8.00. The van der Waals surface area contributed by atoms with Gasteiger partial charge in [-0.3, -0.25) is 4.98 Å². The third-order valence-electron chi connectivity index (χ3n) is 6.38. The van der Waals surface area contributed by atoms with Gasteiger partial charge in [-0.05, 0) is 61.4 Å². The minimum Gasteiger partial charge on any atom is -0.495 e. The molecule has 1 aliphatic heterocycles. The molecule has 0 radical (unpaired) electrons. The quantitative estimate of drug-likeness (QED) is 0.610. The normalized spacial score (nSPS) is 20.0. The number of carbonyl (C=O) groups is 1. The number of carbonyl (C=O) groups excluding carboxylic acids is 1. The van der Waals surface area contributed by atoms with Crippen LogP contribution in [-0.4, -0.2) is 37.8 Å². The van der Waals surface area contributed by atoms with Crippen LogP contribution >= 0.6 is 0 Å². The van der Waals surface area contributed by atoms with Crippen LogP contribution in [0.15, 0.2) is 36.7 Å². The number of pyridine rings is 1. The van der Waals surface area contributed by atoms with Crippen molar-refractivity contribution in [3.8, 4) is 5.75 Å². The maximum absolute atomic E-state index is 12.1. The number of esters is 1. The third-order valence-corrected chi connectivity index (χ3v) is 6.38. The lowest BCUT2D eigenvalue weighted by Crippen LogP contribution is -2.38. The predicted molar refractivity (Wildman–Crippen MR) is 121 cm³/mol. The number of ether oxygens (including phenoxy) is 2. The van der Waals surface area contributed by atoms with Crippen molar-refractivity contribution in [2.45, 2.75) is 58.4 Å². The number of anilines is 1. The van der Waals surface area contributed by atoms with Crippen LogP contribution in [0.3, 0.4) is 0 Å². The summed E-state index contributed by atoms with van der Waals surface area (Å²) >= 11 is 0. The summed E-state index contributed by atoms with van der Waals surface area (Å²) in [6, 6.07) is 8.45. The summed E-state index contributed by atoms with van der Waals surface area (Å²) in [5, 5.41) is 0. The van der Waals surface area contributed by atoms with Gasteiger partial charge in [-0.1, -0.05) is 26.3 Å². The van der Waals surface area contributed by atoms with Gasteiger partial charge >= 0.3 is 5.97 Å². The van der Waals surface area contributed by atoms with E-state index in [9.17, 15) is 4.79 Å². The van der Waals surface area contributed by atoms with Gasteiger partial charge in [-0.25, -0.2) is 4.79 Å². The average molecular weight is 411 g/mol. The van der Waals surface area contributed by atoms with Gasteiger partial charge in [-0.15, -0.1) is 0 Å². The van der Waals surface area contributed by atoms with E-state index in [-0.39, 0.29) is 5.97 Å². The molecule has 0 bridgehead atoms. The molecule has 5 nitrogen and oxygen atoms in total. The number of fused-ring (bicyclic) bond motifs is 1. The number of hydrogen-bond acceptors (Lipinski definition) is 5. The second kappa shape index (κ2) is 9.96. The van der Waals surface area contributed by atoms with Gasteiger partial charge in [0.1, 0.15) is 5.75 Å². The molecule has 0 saturated heterocycles. The molecule has 30 heavy (non-hydrogen) atoms. The first-order valence-corrected chi connectivity index (χ1v) is 11.1. The lowest BCUT2D eigenvalue weighted by Gasteiger charge is -2.35. The fourth-order valence-corrected chi connectivity index (χ4v) is 4.49. The summed E-state index contributed by atoms with van der Waals surface area (Å²) in [6.07, 6.45) is 8.50. The summed E-state index contributed by atoms with van der Waals surface area (Å²) in [4.78, 5) is 18.9. The molecule has 1 aromatic heterocycles. The Morgan fingerprint density at radius 3 is 2.57 bits per heavy atom. The Balaban J connectivity index is 0.00000124. The fraction of sp³-hybridized carbons (Fsp3) is 0.520. The largest absolute Gasteiger partial charge is 0.495 e. The van der Waals surface area contributed by atoms with Gasteiger partial charge in [0.25, 0.3) is 0 Å². The third kappa shape index (κ3) is 4.45. The van der Waals surface area contributed by atoms with Crippen molar-refractivity contribution in [2.24, 2.45) is 5.92 Å². The highest BCUT2D eigenvalue weighted by molar-refractivity contribution is 5.91. The van der Waals surface area contributed by atoms with Crippen LogP contribution in [0, 0.1) is 5.92 Å². The van der Waals surface area contributed by atoms with E-state index < -0.39 is 0 Å². The number of aromatic nitrogens is 1. The Hall–Kier alpha value is -2.56. The van der Waals surface area contributed by atoms with Crippen molar-refractivity contribution in [3.05, 3.63) is 53.3 Å². The molecule has 2 aromatic rings. The SMILES string of the molecule is CC.COC(=O)c1ccc2c(c1)N(CC1CCC1)C(C)C2Cc1cncc(OC)c1. The van der Waals surface area contributed by atoms with Gasteiger partial charge in [0, 0.05) is 30.4 Å². The van der Waals surface area contributed by atoms with Crippen LogP contribution in [0.1, 0.15) is 67.4 Å². The van der Waals surface area contributed by atoms with Crippen molar-refractivity contribution in [3.63, 3.8) is 0 Å². The molecule has 4 rings (SSSR count). The summed E-state index contributed by atoms with van der Waals surface area (Å²) < 4.78 is 10.3. The molecule has 0 N–H and O–H groups in total. The highest BCUT2D eigenvalue weighted by Crippen LogP contribution is 2.45. The van der Waals surface area contributed by atoms with Crippen molar-refractivity contribution in [2.75, 3.05) is 25.7 Å². The molecule has 1 aliphatic carbocycles. The molecule has 2 aliphatic rings. The van der Waals surface area contributed by atoms with E-state index in [4.69, 9.17) is 9.47 Å². The van der Waals surface area contributed by atoms with E-state index >= 15 is 0 Å². The molecule has 1 saturated carbocycles. The Bertz CT molecular complexity index is 863. The Labute approximate surface area is 180 Å². The van der Waals surface area contributed by atoms with Crippen molar-refractivity contribution in [1.29, 1.82) is 0 Å². The molecule has 2 unspecified atom stereocenters. The Morgan fingerprint density at radius 1 is 1.17 bits per heavy atom. The monoisotopic (exact) mass is 410 g/mol. The van der Waals surface area contributed by atoms with E-state index in [2.05, 4.69) is 28.9 Å². The van der Waals surface area contributed by atoms with E-state index in [1.54, 1.807) is 13.3 Å². The van der Waals surface area contributed by atoms with Crippen LogP contribution in [0.4, 0.5) is 5.69 Å². The van der Waals surface area contributed by atoms with Crippen LogP contribution in [0.2, 0.25) is 0 Å². The minimum absolute atomic E-state index is 0.278. The van der Waals surface area contributed by atoms with Crippen molar-refractivity contribution >= 4 is 11.7 Å². The highest BCUT2D eigenvalue weighted by atomic mass is 16.5. The zero-order valence-electron chi connectivity index (χ0n) is 18.9. The van der Waals surface area contributed by atoms with E-state index in [1.807, 2.05) is 32.2 Å². The summed E-state index contributed by atoms with van der Waals surface area (Å²) in [5.41, 5.74) is 4.28. The van der Waals surface area contributed by atoms with Gasteiger partial charge in [0.05, 0.1) is 26.0 Å². The predicted octanol–water partition coefficient (Wildman–Crippen LogP) is 5.24. The number of rotatable bonds is 6. The van der Waals surface area contributed by atoms with E-state index in [0.717, 1.165) is 24.6 Å². The maximum Gasteiger partial charge on any atom is 0.337 e. The molecule has 1 aromatic carbocycles. The molecule has 2 heterocycles. The molecule has 2 atom stereocenters. The van der Waals surface area contributed by atoms with Gasteiger partial charge < -0.3 is 14.4 Å². The molecular formula is C25H34N2O3. The minimum atomic E-state index is -0.278. The lowest BCUT2D eigenvalue weighted by atomic mass is 9.84. The van der Waals surface area contributed by atoms with Gasteiger partial charge in [0.15, 0.2) is 0 Å². The summed E-state index contributed by atoms with van der Waals surface area (Å²) in [6.45, 7) is 7.36. The van der Waals surface area contributed by atoms with Crippen molar-refractivity contribution in [1.82, 2.24) is 4.98 Å². The van der Waals surface area contributed by atoms with Crippen LogP contribution in [0.25, 0.3) is 0 Å². The standard InChI is InChI=1S/C23H28N2O3.C2H6/c1-15-21(10-17-9-19(27-2)13-24-12-17)20-8-7-18(23(26)28-3)11-22(20)25(15)14-16-5-4-6-16;1-2/h7-9,11-13,15-16,21H,4-6,10,14H2,1-3H3;1-2H3. The Kier molecular flexibility index (Phi) is 7.35. The smallest absolute Gasteiger partial charge is 0.337 e. The summed E-state index contributed by atoms with van der Waals surface area (Å²) in [5.74, 6) is 1.63. The first-order valence-electron chi connectivity index (χ1n) is 11.1. The van der Waals surface area contributed by atoms with Gasteiger partial charge in [0.2, 0.25) is 0 Å². The molecule has 0 amide bonds. The molecule has 0 spiro atoms. The average Bonchev–Trinajstić information content (AvgIpc) is 3.02. The highest BCUT2D eigenvalue weighted by Gasteiger charge is 2.37. The van der Waals surface area contributed by atoms with Crippen LogP contribution in [0.5, 0.6) is 5.75 Å². The van der Waals surface area contributed by atoms with E-state index in [0.29, 0.717) is 17.5 Å². The molecule has 1 fully saturated rings. The van der Waals surface area contributed by atoms with Gasteiger partial charge in [-0.2, -0.15) is 0 Å². The van der Waals surface area contributed by atoms with Crippen molar-refractivity contribution < 1.29 is 14.3 Å². The molecule has 162 valence electrons. The first kappa shape index (κ1) is 22.1. The molecule has 5 heteroatoms. The zero-order valence-corrected chi connectivity index (χ0v) is 18.9. The summed E-state index contributed by atoms with van der Waals surface area (Å²) in [7, 11) is 3.10. The fourth-order valence-electron chi connectivity index (χ4n) is 4.49.